The quantitative estimate of drug-likeness (QED) is 0.490. The maximum Gasteiger partial charge on any atom is 0.312 e. The van der Waals surface area contributed by atoms with E-state index < -0.39 is 0 Å². The number of ether oxygens (including phenoxy) is 1. The number of carbonyl (C=O) groups excluding carboxylic acids is 1. The van der Waals surface area contributed by atoms with Crippen molar-refractivity contribution in [3.63, 3.8) is 0 Å². The van der Waals surface area contributed by atoms with Crippen LogP contribution in [0.5, 0.6) is 0 Å². The Labute approximate surface area is 65.9 Å². The Morgan fingerprint density at radius 3 is 2.91 bits per heavy atom. The first-order valence-electron chi connectivity index (χ1n) is 4.34. The van der Waals surface area contributed by atoms with Crippen LogP contribution in [-0.2, 0) is 9.53 Å². The zero-order valence-corrected chi connectivity index (χ0v) is 6.72. The molecule has 1 atom stereocenters. The molecule has 1 heterocycles. The predicted octanol–water partition coefficient (Wildman–Crippen LogP) is 1.35. The molecule has 0 radical (unpaired) electrons. The van der Waals surface area contributed by atoms with Crippen molar-refractivity contribution in [2.45, 2.75) is 26.2 Å². The van der Waals surface area contributed by atoms with Gasteiger partial charge in [0.15, 0.2) is 0 Å². The van der Waals surface area contributed by atoms with Crippen LogP contribution in [0.15, 0.2) is 0 Å². The Morgan fingerprint density at radius 1 is 1.55 bits per heavy atom. The van der Waals surface area contributed by atoms with Gasteiger partial charge in [-0.2, -0.15) is 0 Å². The fourth-order valence-corrected chi connectivity index (χ4v) is 3.49. The molecule has 0 aromatic heterocycles. The van der Waals surface area contributed by atoms with Crippen molar-refractivity contribution >= 4 is 5.97 Å². The van der Waals surface area contributed by atoms with E-state index in [1.807, 2.05) is 0 Å². The van der Waals surface area contributed by atoms with Gasteiger partial charge < -0.3 is 4.74 Å². The molecule has 0 aromatic rings. The lowest BCUT2D eigenvalue weighted by atomic mass is 9.58. The van der Waals surface area contributed by atoms with E-state index in [0.717, 1.165) is 12.8 Å². The average Bonchev–Trinajstić information content (AvgIpc) is 2.27. The van der Waals surface area contributed by atoms with Crippen molar-refractivity contribution in [2.75, 3.05) is 6.61 Å². The Hall–Kier alpha value is -0.530. The van der Waals surface area contributed by atoms with Crippen LogP contribution in [0.3, 0.4) is 0 Å². The summed E-state index contributed by atoms with van der Waals surface area (Å²) in [5.41, 5.74) is 0.422. The molecule has 1 aliphatic heterocycles. The number of hydrogen-bond acceptors (Lipinski definition) is 2. The van der Waals surface area contributed by atoms with Gasteiger partial charge in [-0.15, -0.1) is 0 Å². The normalized spacial score (nSPS) is 58.6. The van der Waals surface area contributed by atoms with Gasteiger partial charge >= 0.3 is 5.97 Å². The third-order valence-corrected chi connectivity index (χ3v) is 3.98. The van der Waals surface area contributed by atoms with E-state index >= 15 is 0 Å². The third kappa shape index (κ3) is 0.445. The van der Waals surface area contributed by atoms with E-state index in [-0.39, 0.29) is 11.4 Å². The lowest BCUT2D eigenvalue weighted by Crippen LogP contribution is -2.53. The van der Waals surface area contributed by atoms with Crippen LogP contribution in [0.4, 0.5) is 0 Å². The van der Waals surface area contributed by atoms with E-state index in [2.05, 4.69) is 6.92 Å². The van der Waals surface area contributed by atoms with Crippen molar-refractivity contribution in [1.82, 2.24) is 0 Å². The lowest BCUT2D eigenvalue weighted by molar-refractivity contribution is -0.191. The Kier molecular flexibility index (Phi) is 0.739. The fourth-order valence-electron chi connectivity index (χ4n) is 3.49. The van der Waals surface area contributed by atoms with Gasteiger partial charge in [-0.25, -0.2) is 0 Å². The SMILES string of the molecule is CC1CC23COC(=O)C1(C2)C3. The van der Waals surface area contributed by atoms with Gasteiger partial charge in [-0.1, -0.05) is 6.92 Å². The maximum absolute atomic E-state index is 11.4. The molecule has 2 bridgehead atoms. The summed E-state index contributed by atoms with van der Waals surface area (Å²) in [6, 6.07) is 0. The monoisotopic (exact) mass is 152 g/mol. The molecule has 4 rings (SSSR count). The van der Waals surface area contributed by atoms with Crippen LogP contribution in [0, 0.1) is 16.7 Å². The minimum Gasteiger partial charge on any atom is -0.465 e. The van der Waals surface area contributed by atoms with Gasteiger partial charge in [0, 0.05) is 5.41 Å². The molecule has 1 unspecified atom stereocenters. The summed E-state index contributed by atoms with van der Waals surface area (Å²) in [5, 5.41) is 0. The Morgan fingerprint density at radius 2 is 2.27 bits per heavy atom. The second-order valence-corrected chi connectivity index (χ2v) is 4.69. The summed E-state index contributed by atoms with van der Waals surface area (Å²) in [6.45, 7) is 2.90. The number of cyclic esters (lactones) is 1. The van der Waals surface area contributed by atoms with Crippen molar-refractivity contribution < 1.29 is 9.53 Å². The van der Waals surface area contributed by atoms with E-state index in [9.17, 15) is 4.79 Å². The molecular formula is C9H12O2. The topological polar surface area (TPSA) is 26.3 Å². The number of carbonyl (C=O) groups is 1. The summed E-state index contributed by atoms with van der Waals surface area (Å²) in [7, 11) is 0. The Bertz CT molecular complexity index is 238. The van der Waals surface area contributed by atoms with E-state index in [1.165, 1.54) is 6.42 Å². The number of esters is 1. The Balaban J connectivity index is 2.09. The predicted molar refractivity (Wildman–Crippen MR) is 38.8 cm³/mol. The van der Waals surface area contributed by atoms with Crippen molar-refractivity contribution in [2.24, 2.45) is 16.7 Å². The summed E-state index contributed by atoms with van der Waals surface area (Å²) >= 11 is 0. The molecular weight excluding hydrogens is 140 g/mol. The van der Waals surface area contributed by atoms with Gasteiger partial charge in [-0.05, 0) is 25.2 Å². The molecule has 4 fully saturated rings. The second kappa shape index (κ2) is 1.35. The minimum absolute atomic E-state index is 0.0156. The minimum atomic E-state index is -0.0156. The third-order valence-electron chi connectivity index (χ3n) is 3.98. The highest BCUT2D eigenvalue weighted by Gasteiger charge is 2.72. The first kappa shape index (κ1) is 6.04. The summed E-state index contributed by atoms with van der Waals surface area (Å²) in [5.74, 6) is 0.668. The maximum atomic E-state index is 11.4. The molecule has 0 N–H and O–H groups in total. The first-order chi connectivity index (χ1) is 5.17. The van der Waals surface area contributed by atoms with E-state index in [1.54, 1.807) is 0 Å². The highest BCUT2D eigenvalue weighted by atomic mass is 16.5. The number of rotatable bonds is 0. The van der Waals surface area contributed by atoms with Crippen LogP contribution in [0.25, 0.3) is 0 Å². The van der Waals surface area contributed by atoms with Crippen LogP contribution in [-0.4, -0.2) is 12.6 Å². The van der Waals surface area contributed by atoms with Crippen LogP contribution < -0.4 is 0 Å². The van der Waals surface area contributed by atoms with Crippen molar-refractivity contribution in [1.29, 1.82) is 0 Å². The molecule has 2 heteroatoms. The zero-order valence-electron chi connectivity index (χ0n) is 6.72. The van der Waals surface area contributed by atoms with Crippen molar-refractivity contribution in [3.05, 3.63) is 0 Å². The standard InChI is InChI=1S/C9H12O2/c1-6-2-8-3-9(6,4-8)7(10)11-5-8/h6H,2-5H2,1H3. The van der Waals surface area contributed by atoms with Gasteiger partial charge in [0.25, 0.3) is 0 Å². The van der Waals surface area contributed by atoms with E-state index in [4.69, 9.17) is 4.74 Å². The van der Waals surface area contributed by atoms with Crippen LogP contribution >= 0.6 is 0 Å². The molecule has 3 aliphatic carbocycles. The lowest BCUT2D eigenvalue weighted by Gasteiger charge is -2.50. The second-order valence-electron chi connectivity index (χ2n) is 4.69. The van der Waals surface area contributed by atoms with Crippen LogP contribution in [0.1, 0.15) is 26.2 Å². The van der Waals surface area contributed by atoms with Gasteiger partial charge in [0.2, 0.25) is 0 Å². The smallest absolute Gasteiger partial charge is 0.312 e. The molecule has 60 valence electrons. The van der Waals surface area contributed by atoms with Crippen LogP contribution in [0.2, 0.25) is 0 Å². The molecule has 0 aromatic carbocycles. The summed E-state index contributed by atoms with van der Waals surface area (Å²) in [4.78, 5) is 11.4. The summed E-state index contributed by atoms with van der Waals surface area (Å²) in [6.07, 6.45) is 3.47. The van der Waals surface area contributed by atoms with Gasteiger partial charge in [0.05, 0.1) is 12.0 Å². The zero-order chi connectivity index (χ0) is 7.69. The largest absolute Gasteiger partial charge is 0.465 e. The molecule has 11 heavy (non-hydrogen) atoms. The highest BCUT2D eigenvalue weighted by molar-refractivity contribution is 5.81. The highest BCUT2D eigenvalue weighted by Crippen LogP contribution is 2.72. The van der Waals surface area contributed by atoms with Crippen molar-refractivity contribution in [3.8, 4) is 0 Å². The van der Waals surface area contributed by atoms with Gasteiger partial charge in [0.1, 0.15) is 0 Å². The first-order valence-corrected chi connectivity index (χ1v) is 4.34. The fraction of sp³-hybridized carbons (Fsp3) is 0.889. The molecule has 3 saturated carbocycles. The number of fused-ring (bicyclic) bond motifs is 1. The summed E-state index contributed by atoms with van der Waals surface area (Å²) < 4.78 is 5.14. The van der Waals surface area contributed by atoms with Gasteiger partial charge in [-0.3, -0.25) is 4.79 Å². The van der Waals surface area contributed by atoms with E-state index in [0.29, 0.717) is 17.9 Å². The number of hydrogen-bond donors (Lipinski definition) is 0. The molecule has 0 amide bonds. The average molecular weight is 152 g/mol. The molecule has 4 aliphatic rings. The molecule has 1 saturated heterocycles. The molecule has 2 nitrogen and oxygen atoms in total. The molecule has 0 spiro atoms.